The van der Waals surface area contributed by atoms with Gasteiger partial charge < -0.3 is 24.8 Å². The number of carbonyl (C=O) groups is 1. The van der Waals surface area contributed by atoms with Gasteiger partial charge in [-0.25, -0.2) is 4.98 Å². The number of nitrogens with zero attached hydrogens (tertiary/aromatic N) is 1. The first-order valence-electron chi connectivity index (χ1n) is 7.40. The van der Waals surface area contributed by atoms with Crippen molar-refractivity contribution in [2.45, 2.75) is 0 Å². The Labute approximate surface area is 140 Å². The molecule has 0 aliphatic carbocycles. The minimum Gasteiger partial charge on any atom is -0.493 e. The topological polar surface area (TPSA) is 81.7 Å². The predicted octanol–water partition coefficient (Wildman–Crippen LogP) is 2.41. The fourth-order valence-electron chi connectivity index (χ4n) is 2.03. The van der Waals surface area contributed by atoms with Crippen LogP contribution in [0.15, 0.2) is 36.5 Å². The van der Waals surface area contributed by atoms with Crippen molar-refractivity contribution in [3.05, 3.63) is 42.1 Å². The lowest BCUT2D eigenvalue weighted by Crippen LogP contribution is -2.13. The summed E-state index contributed by atoms with van der Waals surface area (Å²) in [5, 5.41) is 5.89. The van der Waals surface area contributed by atoms with Gasteiger partial charge in [-0.2, -0.15) is 0 Å². The van der Waals surface area contributed by atoms with Crippen LogP contribution in [0.3, 0.4) is 0 Å². The number of benzene rings is 1. The molecule has 1 heterocycles. The molecule has 0 saturated heterocycles. The Morgan fingerprint density at radius 1 is 1.08 bits per heavy atom. The first kappa shape index (κ1) is 17.6. The SMILES string of the molecule is COCCNc1ccc(C(=O)Nc2ccc(OC)c(OC)c2)cn1. The third-order valence-corrected chi connectivity index (χ3v) is 3.28. The van der Waals surface area contributed by atoms with Crippen molar-refractivity contribution in [3.8, 4) is 11.5 Å². The zero-order valence-electron chi connectivity index (χ0n) is 14.0. The number of methoxy groups -OCH3 is 3. The molecular formula is C17H21N3O4. The normalized spacial score (nSPS) is 10.1. The molecule has 1 aromatic carbocycles. The Hall–Kier alpha value is -2.80. The summed E-state index contributed by atoms with van der Waals surface area (Å²) < 4.78 is 15.3. The van der Waals surface area contributed by atoms with Gasteiger partial charge in [0.1, 0.15) is 5.82 Å². The van der Waals surface area contributed by atoms with Crippen LogP contribution in [-0.2, 0) is 4.74 Å². The van der Waals surface area contributed by atoms with Gasteiger partial charge in [0.15, 0.2) is 11.5 Å². The van der Waals surface area contributed by atoms with E-state index in [1.165, 1.54) is 6.20 Å². The van der Waals surface area contributed by atoms with Crippen LogP contribution >= 0.6 is 0 Å². The molecule has 0 unspecified atom stereocenters. The highest BCUT2D eigenvalue weighted by molar-refractivity contribution is 6.04. The fraction of sp³-hybridized carbons (Fsp3) is 0.294. The van der Waals surface area contributed by atoms with Gasteiger partial charge in [-0.05, 0) is 24.3 Å². The van der Waals surface area contributed by atoms with Gasteiger partial charge >= 0.3 is 0 Å². The largest absolute Gasteiger partial charge is 0.493 e. The molecule has 0 aliphatic rings. The third kappa shape index (κ3) is 4.60. The van der Waals surface area contributed by atoms with Crippen LogP contribution in [-0.4, -0.2) is 45.4 Å². The molecule has 2 N–H and O–H groups in total. The second kappa shape index (κ2) is 8.73. The summed E-state index contributed by atoms with van der Waals surface area (Å²) in [4.78, 5) is 16.5. The molecule has 0 saturated carbocycles. The minimum atomic E-state index is -0.252. The van der Waals surface area contributed by atoms with Gasteiger partial charge in [0.25, 0.3) is 5.91 Å². The number of carbonyl (C=O) groups excluding carboxylic acids is 1. The Morgan fingerprint density at radius 2 is 1.88 bits per heavy atom. The van der Waals surface area contributed by atoms with Crippen molar-refractivity contribution in [2.75, 3.05) is 45.1 Å². The second-order valence-electron chi connectivity index (χ2n) is 4.88. The Bertz CT molecular complexity index is 674. The number of pyridine rings is 1. The number of aromatic nitrogens is 1. The molecular weight excluding hydrogens is 310 g/mol. The molecule has 0 aliphatic heterocycles. The summed E-state index contributed by atoms with van der Waals surface area (Å²) >= 11 is 0. The quantitative estimate of drug-likeness (QED) is 0.723. The lowest BCUT2D eigenvalue weighted by atomic mass is 10.2. The summed E-state index contributed by atoms with van der Waals surface area (Å²) in [6.07, 6.45) is 1.52. The number of hydrogen-bond donors (Lipinski definition) is 2. The first-order chi connectivity index (χ1) is 11.7. The number of ether oxygens (including phenoxy) is 3. The average molecular weight is 331 g/mol. The van der Waals surface area contributed by atoms with Gasteiger partial charge in [-0.1, -0.05) is 0 Å². The van der Waals surface area contributed by atoms with Crippen molar-refractivity contribution in [1.29, 1.82) is 0 Å². The Balaban J connectivity index is 2.01. The van der Waals surface area contributed by atoms with Crippen LogP contribution in [0.2, 0.25) is 0 Å². The highest BCUT2D eigenvalue weighted by Crippen LogP contribution is 2.29. The van der Waals surface area contributed by atoms with Crippen molar-refractivity contribution in [1.82, 2.24) is 4.98 Å². The molecule has 1 aromatic heterocycles. The van der Waals surface area contributed by atoms with Gasteiger partial charge in [-0.15, -0.1) is 0 Å². The van der Waals surface area contributed by atoms with Crippen molar-refractivity contribution in [3.63, 3.8) is 0 Å². The molecule has 0 spiro atoms. The third-order valence-electron chi connectivity index (χ3n) is 3.28. The number of nitrogens with one attached hydrogen (secondary N) is 2. The second-order valence-corrected chi connectivity index (χ2v) is 4.88. The van der Waals surface area contributed by atoms with Gasteiger partial charge in [0, 0.05) is 31.6 Å². The van der Waals surface area contributed by atoms with E-state index in [-0.39, 0.29) is 5.91 Å². The lowest BCUT2D eigenvalue weighted by Gasteiger charge is -2.11. The number of anilines is 2. The summed E-state index contributed by atoms with van der Waals surface area (Å²) in [7, 11) is 4.74. The molecule has 128 valence electrons. The van der Waals surface area contributed by atoms with Crippen LogP contribution in [0, 0.1) is 0 Å². The van der Waals surface area contributed by atoms with Crippen molar-refractivity contribution in [2.24, 2.45) is 0 Å². The maximum absolute atomic E-state index is 12.3. The van der Waals surface area contributed by atoms with Gasteiger partial charge in [0.05, 0.1) is 26.4 Å². The molecule has 2 rings (SSSR count). The van der Waals surface area contributed by atoms with Crippen molar-refractivity contribution < 1.29 is 19.0 Å². The molecule has 1 amide bonds. The molecule has 0 bridgehead atoms. The summed E-state index contributed by atoms with van der Waals surface area (Å²) in [6, 6.07) is 8.63. The van der Waals surface area contributed by atoms with E-state index >= 15 is 0 Å². The maximum Gasteiger partial charge on any atom is 0.257 e. The van der Waals surface area contributed by atoms with Crippen molar-refractivity contribution >= 4 is 17.4 Å². The Morgan fingerprint density at radius 3 is 2.50 bits per heavy atom. The molecule has 7 heteroatoms. The van der Waals surface area contributed by atoms with E-state index in [0.29, 0.717) is 41.7 Å². The molecule has 0 fully saturated rings. The predicted molar refractivity (Wildman–Crippen MR) is 92.1 cm³/mol. The van der Waals surface area contributed by atoms with E-state index in [0.717, 1.165) is 0 Å². The van der Waals surface area contributed by atoms with E-state index in [1.807, 2.05) is 0 Å². The molecule has 24 heavy (non-hydrogen) atoms. The van der Waals surface area contributed by atoms with Crippen LogP contribution in [0.5, 0.6) is 11.5 Å². The summed E-state index contributed by atoms with van der Waals surface area (Å²) in [6.45, 7) is 1.24. The number of amides is 1. The van der Waals surface area contributed by atoms with Crippen LogP contribution < -0.4 is 20.1 Å². The molecule has 2 aromatic rings. The molecule has 0 radical (unpaired) electrons. The average Bonchev–Trinajstić information content (AvgIpc) is 2.62. The van der Waals surface area contributed by atoms with E-state index in [2.05, 4.69) is 15.6 Å². The van der Waals surface area contributed by atoms with E-state index in [1.54, 1.807) is 51.7 Å². The van der Waals surface area contributed by atoms with Crippen LogP contribution in [0.25, 0.3) is 0 Å². The van der Waals surface area contributed by atoms with E-state index in [9.17, 15) is 4.79 Å². The highest BCUT2D eigenvalue weighted by atomic mass is 16.5. The van der Waals surface area contributed by atoms with E-state index in [4.69, 9.17) is 14.2 Å². The smallest absolute Gasteiger partial charge is 0.257 e. The fourth-order valence-corrected chi connectivity index (χ4v) is 2.03. The van der Waals surface area contributed by atoms with Gasteiger partial charge in [0.2, 0.25) is 0 Å². The van der Waals surface area contributed by atoms with Gasteiger partial charge in [-0.3, -0.25) is 4.79 Å². The summed E-state index contributed by atoms with van der Waals surface area (Å²) in [5.41, 5.74) is 1.07. The highest BCUT2D eigenvalue weighted by Gasteiger charge is 2.09. The monoisotopic (exact) mass is 331 g/mol. The lowest BCUT2D eigenvalue weighted by molar-refractivity contribution is 0.102. The standard InChI is InChI=1S/C17H21N3O4/c1-22-9-8-18-16-7-4-12(11-19-16)17(21)20-13-5-6-14(23-2)15(10-13)24-3/h4-7,10-11H,8-9H2,1-3H3,(H,18,19)(H,20,21). The summed E-state index contributed by atoms with van der Waals surface area (Å²) in [5.74, 6) is 1.59. The van der Waals surface area contributed by atoms with Crippen LogP contribution in [0.4, 0.5) is 11.5 Å². The maximum atomic E-state index is 12.3. The zero-order chi connectivity index (χ0) is 17.4. The van der Waals surface area contributed by atoms with Crippen LogP contribution in [0.1, 0.15) is 10.4 Å². The molecule has 0 atom stereocenters. The first-order valence-corrected chi connectivity index (χ1v) is 7.40. The minimum absolute atomic E-state index is 0.252. The number of rotatable bonds is 8. The molecule has 7 nitrogen and oxygen atoms in total. The van der Waals surface area contributed by atoms with E-state index < -0.39 is 0 Å². The number of hydrogen-bond acceptors (Lipinski definition) is 6. The zero-order valence-corrected chi connectivity index (χ0v) is 14.0. The Kier molecular flexibility index (Phi) is 6.39.